The third-order valence-corrected chi connectivity index (χ3v) is 4.98. The van der Waals surface area contributed by atoms with Crippen LogP contribution in [0.5, 0.6) is 0 Å². The maximum absolute atomic E-state index is 12.0. The maximum Gasteiger partial charge on any atom is 0.416 e. The molecule has 1 saturated heterocycles. The average Bonchev–Trinajstić information content (AvgIpc) is 3.24. The molecule has 22 heavy (non-hydrogen) atoms. The Morgan fingerprint density at radius 1 is 1.50 bits per heavy atom. The Morgan fingerprint density at radius 3 is 3.00 bits per heavy atom. The summed E-state index contributed by atoms with van der Waals surface area (Å²) in [4.78, 5) is 25.5. The van der Waals surface area contributed by atoms with E-state index in [1.807, 2.05) is 29.0 Å². The summed E-state index contributed by atoms with van der Waals surface area (Å²) < 4.78 is 6.73. The number of thioether (sulfide) groups is 1. The number of imide groups is 1. The minimum absolute atomic E-state index is 0.137. The number of amides is 2. The Hall–Kier alpha value is -1.87. The topological polar surface area (TPSA) is 77.3 Å². The number of carbonyl (C=O) groups is 2. The second-order valence-electron chi connectivity index (χ2n) is 4.48. The summed E-state index contributed by atoms with van der Waals surface area (Å²) in [7, 11) is 0. The van der Waals surface area contributed by atoms with Gasteiger partial charge < -0.3 is 9.30 Å². The molecule has 1 aliphatic rings. The standard InChI is InChI=1S/C13H14N4O3S2/c1-2-16-11(9-4-3-7-21-9)14-15-12(16)22-8-10(18)17-5-6-20-13(17)19/h3-4,7H,2,5-6,8H2,1H3. The second-order valence-corrected chi connectivity index (χ2v) is 6.37. The molecule has 0 aliphatic carbocycles. The number of hydrogen-bond acceptors (Lipinski definition) is 7. The smallest absolute Gasteiger partial charge is 0.416 e. The van der Waals surface area contributed by atoms with Gasteiger partial charge in [-0.1, -0.05) is 17.8 Å². The molecule has 0 radical (unpaired) electrons. The van der Waals surface area contributed by atoms with Gasteiger partial charge in [0.1, 0.15) is 6.61 Å². The molecule has 116 valence electrons. The minimum Gasteiger partial charge on any atom is -0.447 e. The normalized spacial score (nSPS) is 14.4. The molecule has 0 N–H and O–H groups in total. The number of nitrogens with zero attached hydrogens (tertiary/aromatic N) is 4. The van der Waals surface area contributed by atoms with E-state index in [-0.39, 0.29) is 18.3 Å². The summed E-state index contributed by atoms with van der Waals surface area (Å²) in [6.45, 7) is 3.30. The van der Waals surface area contributed by atoms with Gasteiger partial charge in [0.05, 0.1) is 17.2 Å². The Labute approximate surface area is 135 Å². The summed E-state index contributed by atoms with van der Waals surface area (Å²) in [5.41, 5.74) is 0. The number of thiophene rings is 1. The molecule has 2 amide bonds. The van der Waals surface area contributed by atoms with Gasteiger partial charge in [0.15, 0.2) is 11.0 Å². The largest absolute Gasteiger partial charge is 0.447 e. The lowest BCUT2D eigenvalue weighted by atomic mass is 10.4. The third kappa shape index (κ3) is 2.86. The molecule has 0 spiro atoms. The molecule has 0 unspecified atom stereocenters. The van der Waals surface area contributed by atoms with E-state index in [0.717, 1.165) is 15.6 Å². The zero-order valence-corrected chi connectivity index (χ0v) is 13.5. The van der Waals surface area contributed by atoms with Crippen LogP contribution in [0.1, 0.15) is 6.92 Å². The van der Waals surface area contributed by atoms with Crippen LogP contribution < -0.4 is 0 Å². The summed E-state index contributed by atoms with van der Waals surface area (Å²) in [5.74, 6) is 0.668. The van der Waals surface area contributed by atoms with Gasteiger partial charge in [0.2, 0.25) is 5.91 Å². The fourth-order valence-corrected chi connectivity index (χ4v) is 3.69. The zero-order chi connectivity index (χ0) is 15.5. The maximum atomic E-state index is 12.0. The Kier molecular flexibility index (Phi) is 4.44. The van der Waals surface area contributed by atoms with Gasteiger partial charge in [-0.2, -0.15) is 0 Å². The average molecular weight is 338 g/mol. The number of carbonyl (C=O) groups excluding carboxylic acids is 2. The molecule has 0 aromatic carbocycles. The van der Waals surface area contributed by atoms with Crippen molar-refractivity contribution in [3.8, 4) is 10.7 Å². The van der Waals surface area contributed by atoms with Crippen LogP contribution in [-0.2, 0) is 16.1 Å². The summed E-state index contributed by atoms with van der Waals surface area (Å²) in [6, 6.07) is 3.95. The van der Waals surface area contributed by atoms with Crippen molar-refractivity contribution < 1.29 is 14.3 Å². The van der Waals surface area contributed by atoms with Crippen LogP contribution in [0.15, 0.2) is 22.7 Å². The van der Waals surface area contributed by atoms with E-state index in [1.54, 1.807) is 11.3 Å². The first-order chi connectivity index (χ1) is 10.7. The van der Waals surface area contributed by atoms with Crippen LogP contribution in [0, 0.1) is 0 Å². The minimum atomic E-state index is -0.568. The van der Waals surface area contributed by atoms with Crippen molar-refractivity contribution in [1.82, 2.24) is 19.7 Å². The predicted octanol–water partition coefficient (Wildman–Crippen LogP) is 2.10. The lowest BCUT2D eigenvalue weighted by Crippen LogP contribution is -2.33. The molecule has 0 atom stereocenters. The number of hydrogen-bond donors (Lipinski definition) is 0. The van der Waals surface area contributed by atoms with Crippen LogP contribution >= 0.6 is 23.1 Å². The van der Waals surface area contributed by atoms with E-state index in [0.29, 0.717) is 18.2 Å². The van der Waals surface area contributed by atoms with Gasteiger partial charge in [-0.05, 0) is 18.4 Å². The van der Waals surface area contributed by atoms with Crippen molar-refractivity contribution in [2.75, 3.05) is 18.9 Å². The highest BCUT2D eigenvalue weighted by atomic mass is 32.2. The van der Waals surface area contributed by atoms with Crippen molar-refractivity contribution in [3.05, 3.63) is 17.5 Å². The first kappa shape index (κ1) is 15.0. The molecule has 3 rings (SSSR count). The fourth-order valence-electron chi connectivity index (χ4n) is 2.09. The lowest BCUT2D eigenvalue weighted by Gasteiger charge is -2.10. The van der Waals surface area contributed by atoms with Crippen molar-refractivity contribution in [3.63, 3.8) is 0 Å². The van der Waals surface area contributed by atoms with E-state index in [9.17, 15) is 9.59 Å². The molecule has 0 bridgehead atoms. The van der Waals surface area contributed by atoms with Gasteiger partial charge in [0, 0.05) is 6.54 Å². The molecule has 7 nitrogen and oxygen atoms in total. The summed E-state index contributed by atoms with van der Waals surface area (Å²) >= 11 is 2.88. The van der Waals surface area contributed by atoms with Gasteiger partial charge >= 0.3 is 6.09 Å². The van der Waals surface area contributed by atoms with E-state index < -0.39 is 6.09 Å². The highest BCUT2D eigenvalue weighted by Gasteiger charge is 2.28. The molecule has 0 saturated carbocycles. The number of rotatable bonds is 5. The Balaban J connectivity index is 1.70. The van der Waals surface area contributed by atoms with Crippen LogP contribution in [-0.4, -0.2) is 50.6 Å². The monoisotopic (exact) mass is 338 g/mol. The SMILES string of the molecule is CCn1c(SCC(=O)N2CCOC2=O)nnc1-c1cccs1. The molecular weight excluding hydrogens is 324 g/mol. The third-order valence-electron chi connectivity index (χ3n) is 3.16. The molecule has 1 fully saturated rings. The van der Waals surface area contributed by atoms with E-state index >= 15 is 0 Å². The van der Waals surface area contributed by atoms with Crippen molar-refractivity contribution in [2.45, 2.75) is 18.6 Å². The molecule has 2 aromatic heterocycles. The molecular formula is C13H14N4O3S2. The number of aromatic nitrogens is 3. The quantitative estimate of drug-likeness (QED) is 0.777. The van der Waals surface area contributed by atoms with Crippen LogP contribution in [0.25, 0.3) is 10.7 Å². The van der Waals surface area contributed by atoms with Crippen molar-refractivity contribution >= 4 is 35.1 Å². The Bertz CT molecular complexity index is 684. The summed E-state index contributed by atoms with van der Waals surface area (Å²) in [5, 5.41) is 11.0. The van der Waals surface area contributed by atoms with Gasteiger partial charge in [-0.25, -0.2) is 9.69 Å². The van der Waals surface area contributed by atoms with E-state index in [4.69, 9.17) is 4.74 Å². The van der Waals surface area contributed by atoms with E-state index in [2.05, 4.69) is 10.2 Å². The lowest BCUT2D eigenvalue weighted by molar-refractivity contribution is -0.125. The van der Waals surface area contributed by atoms with Gasteiger partial charge in [0.25, 0.3) is 0 Å². The fraction of sp³-hybridized carbons (Fsp3) is 0.385. The highest BCUT2D eigenvalue weighted by molar-refractivity contribution is 7.99. The van der Waals surface area contributed by atoms with Gasteiger partial charge in [-0.15, -0.1) is 21.5 Å². The molecule has 2 aromatic rings. The predicted molar refractivity (Wildman–Crippen MR) is 82.8 cm³/mol. The molecule has 3 heterocycles. The first-order valence-electron chi connectivity index (χ1n) is 6.77. The molecule has 1 aliphatic heterocycles. The Morgan fingerprint density at radius 2 is 2.36 bits per heavy atom. The number of ether oxygens (including phenoxy) is 1. The van der Waals surface area contributed by atoms with Gasteiger partial charge in [-0.3, -0.25) is 4.79 Å². The summed E-state index contributed by atoms with van der Waals surface area (Å²) in [6.07, 6.45) is -0.568. The number of cyclic esters (lactones) is 1. The van der Waals surface area contributed by atoms with Crippen LogP contribution in [0.2, 0.25) is 0 Å². The van der Waals surface area contributed by atoms with Crippen molar-refractivity contribution in [1.29, 1.82) is 0 Å². The second kappa shape index (κ2) is 6.49. The zero-order valence-electron chi connectivity index (χ0n) is 11.9. The van der Waals surface area contributed by atoms with Crippen molar-refractivity contribution in [2.24, 2.45) is 0 Å². The van der Waals surface area contributed by atoms with E-state index in [1.165, 1.54) is 11.8 Å². The highest BCUT2D eigenvalue weighted by Crippen LogP contribution is 2.27. The van der Waals surface area contributed by atoms with Crippen LogP contribution in [0.3, 0.4) is 0 Å². The van der Waals surface area contributed by atoms with Crippen LogP contribution in [0.4, 0.5) is 4.79 Å². The molecule has 9 heteroatoms. The first-order valence-corrected chi connectivity index (χ1v) is 8.64.